The van der Waals surface area contributed by atoms with Gasteiger partial charge in [0.2, 0.25) is 0 Å². The third-order valence-corrected chi connectivity index (χ3v) is 12.5. The largest absolute Gasteiger partial charge is 0.417 e. The van der Waals surface area contributed by atoms with E-state index >= 15 is 0 Å². The minimum Gasteiger partial charge on any atom is -0.417 e. The molecule has 0 radical (unpaired) electrons. The molecule has 2 N–H and O–H groups in total. The van der Waals surface area contributed by atoms with Gasteiger partial charge in [-0.25, -0.2) is 0 Å². The van der Waals surface area contributed by atoms with Gasteiger partial charge in [0.1, 0.15) is 0 Å². The van der Waals surface area contributed by atoms with Crippen molar-refractivity contribution in [1.82, 2.24) is 4.90 Å². The third kappa shape index (κ3) is 6.07. The highest BCUT2D eigenvalue weighted by molar-refractivity contribution is 6.74. The zero-order valence-corrected chi connectivity index (χ0v) is 20.8. The van der Waals surface area contributed by atoms with Gasteiger partial charge >= 0.3 is 0 Å². The van der Waals surface area contributed by atoms with Crippen LogP contribution in [-0.2, 0) is 10.8 Å². The second kappa shape index (κ2) is 9.40. The van der Waals surface area contributed by atoms with E-state index < -0.39 is 8.32 Å². The molecule has 0 aromatic heterocycles. The summed E-state index contributed by atoms with van der Waals surface area (Å²) in [4.78, 5) is 2.68. The maximum absolute atomic E-state index is 6.60. The molecule has 1 aliphatic carbocycles. The standard InChI is InChI=1S/C24H41ClN2OSi/c1-24(2,3)29(4,5)28-17-20-15-22(26)23(16-20)27-12-10-19(11-13-27)14-18-6-8-21(25)9-7-18/h6-9,19-20,22-23H,10-17,26H2,1-5H3. The topological polar surface area (TPSA) is 38.5 Å². The normalized spacial score (nSPS) is 27.5. The molecule has 5 heteroatoms. The Morgan fingerprint density at radius 2 is 1.69 bits per heavy atom. The van der Waals surface area contributed by atoms with Crippen LogP contribution in [0, 0.1) is 11.8 Å². The van der Waals surface area contributed by atoms with Gasteiger partial charge in [-0.05, 0) is 92.9 Å². The van der Waals surface area contributed by atoms with Crippen LogP contribution in [0.3, 0.4) is 0 Å². The summed E-state index contributed by atoms with van der Waals surface area (Å²) in [5.41, 5.74) is 8.01. The fourth-order valence-electron chi connectivity index (χ4n) is 4.70. The van der Waals surface area contributed by atoms with Crippen molar-refractivity contribution in [2.45, 2.75) is 83.1 Å². The van der Waals surface area contributed by atoms with Crippen LogP contribution in [0.5, 0.6) is 0 Å². The Morgan fingerprint density at radius 1 is 1.07 bits per heavy atom. The fourth-order valence-corrected chi connectivity index (χ4v) is 5.91. The van der Waals surface area contributed by atoms with Crippen molar-refractivity contribution in [1.29, 1.82) is 0 Å². The van der Waals surface area contributed by atoms with Gasteiger partial charge in [0.15, 0.2) is 8.32 Å². The summed E-state index contributed by atoms with van der Waals surface area (Å²) in [7, 11) is -1.67. The van der Waals surface area contributed by atoms with E-state index in [0.29, 0.717) is 18.0 Å². The van der Waals surface area contributed by atoms with Crippen molar-refractivity contribution in [3.05, 3.63) is 34.9 Å². The minimum absolute atomic E-state index is 0.277. The number of likely N-dealkylation sites (tertiary alicyclic amines) is 1. The van der Waals surface area contributed by atoms with Crippen LogP contribution in [0.4, 0.5) is 0 Å². The van der Waals surface area contributed by atoms with Crippen LogP contribution >= 0.6 is 11.6 Å². The highest BCUT2D eigenvalue weighted by Crippen LogP contribution is 2.38. The summed E-state index contributed by atoms with van der Waals surface area (Å²) in [5, 5.41) is 1.10. The van der Waals surface area contributed by atoms with E-state index in [-0.39, 0.29) is 5.04 Å². The number of halogens is 1. The molecule has 1 heterocycles. The van der Waals surface area contributed by atoms with Gasteiger partial charge < -0.3 is 10.2 Å². The van der Waals surface area contributed by atoms with E-state index in [1.54, 1.807) is 0 Å². The maximum Gasteiger partial charge on any atom is 0.191 e. The summed E-state index contributed by atoms with van der Waals surface area (Å²) >= 11 is 6.02. The molecule has 29 heavy (non-hydrogen) atoms. The summed E-state index contributed by atoms with van der Waals surface area (Å²) in [6.45, 7) is 14.9. The van der Waals surface area contributed by atoms with Crippen LogP contribution in [0.1, 0.15) is 52.0 Å². The maximum atomic E-state index is 6.60. The lowest BCUT2D eigenvalue weighted by molar-refractivity contribution is 0.121. The van der Waals surface area contributed by atoms with E-state index in [1.165, 1.54) is 44.3 Å². The fraction of sp³-hybridized carbons (Fsp3) is 0.750. The molecular formula is C24H41ClN2OSi. The lowest BCUT2D eigenvalue weighted by Crippen LogP contribution is -2.48. The van der Waals surface area contributed by atoms with Gasteiger partial charge in [-0.15, -0.1) is 0 Å². The van der Waals surface area contributed by atoms with Gasteiger partial charge in [-0.3, -0.25) is 4.90 Å². The predicted octanol–water partition coefficient (Wildman–Crippen LogP) is 5.72. The number of hydrogen-bond acceptors (Lipinski definition) is 3. The van der Waals surface area contributed by atoms with Crippen LogP contribution in [0.25, 0.3) is 0 Å². The smallest absolute Gasteiger partial charge is 0.191 e. The Bertz CT molecular complexity index is 650. The lowest BCUT2D eigenvalue weighted by atomic mass is 9.89. The second-order valence-corrected chi connectivity index (χ2v) is 16.2. The van der Waals surface area contributed by atoms with Crippen molar-refractivity contribution in [2.75, 3.05) is 19.7 Å². The zero-order valence-electron chi connectivity index (χ0n) is 19.1. The Balaban J connectivity index is 1.45. The lowest BCUT2D eigenvalue weighted by Gasteiger charge is -2.38. The molecule has 3 rings (SSSR count). The first-order chi connectivity index (χ1) is 13.5. The van der Waals surface area contributed by atoms with Gasteiger partial charge in [0, 0.05) is 23.7 Å². The van der Waals surface area contributed by atoms with E-state index in [0.717, 1.165) is 24.0 Å². The van der Waals surface area contributed by atoms with Gasteiger partial charge in [-0.2, -0.15) is 0 Å². The molecule has 1 aliphatic heterocycles. The van der Waals surface area contributed by atoms with E-state index in [1.807, 2.05) is 12.1 Å². The Labute approximate surface area is 184 Å². The molecule has 0 spiro atoms. The van der Waals surface area contributed by atoms with Crippen LogP contribution in [0.15, 0.2) is 24.3 Å². The molecule has 1 aromatic carbocycles. The molecule has 2 aliphatic rings. The van der Waals surface area contributed by atoms with Crippen LogP contribution in [0.2, 0.25) is 23.2 Å². The number of nitrogens with zero attached hydrogens (tertiary/aromatic N) is 1. The molecule has 0 amide bonds. The molecule has 164 valence electrons. The molecule has 2 fully saturated rings. The number of rotatable bonds is 6. The molecule has 0 bridgehead atoms. The number of piperidine rings is 1. The van der Waals surface area contributed by atoms with E-state index in [2.05, 4.69) is 50.9 Å². The van der Waals surface area contributed by atoms with Crippen molar-refractivity contribution in [3.8, 4) is 0 Å². The average Bonchev–Trinajstić information content (AvgIpc) is 3.02. The average molecular weight is 437 g/mol. The molecule has 3 atom stereocenters. The highest BCUT2D eigenvalue weighted by atomic mass is 35.5. The Kier molecular flexibility index (Phi) is 7.54. The van der Waals surface area contributed by atoms with Crippen molar-refractivity contribution in [3.63, 3.8) is 0 Å². The van der Waals surface area contributed by atoms with Crippen molar-refractivity contribution >= 4 is 19.9 Å². The summed E-state index contributed by atoms with van der Waals surface area (Å²) in [6.07, 6.45) is 6.04. The van der Waals surface area contributed by atoms with Gasteiger partial charge in [0.05, 0.1) is 0 Å². The Morgan fingerprint density at radius 3 is 2.28 bits per heavy atom. The quantitative estimate of drug-likeness (QED) is 0.579. The highest BCUT2D eigenvalue weighted by Gasteiger charge is 2.41. The first-order valence-electron chi connectivity index (χ1n) is 11.4. The van der Waals surface area contributed by atoms with Gasteiger partial charge in [-0.1, -0.05) is 44.5 Å². The van der Waals surface area contributed by atoms with Crippen LogP contribution in [-0.4, -0.2) is 45.0 Å². The molecule has 3 nitrogen and oxygen atoms in total. The second-order valence-electron chi connectivity index (χ2n) is 10.9. The SMILES string of the molecule is CC(C)(C)[Si](C)(C)OCC1CC(N)C(N2CCC(Cc3ccc(Cl)cc3)CC2)C1. The molecular weight excluding hydrogens is 396 g/mol. The zero-order chi connectivity index (χ0) is 21.2. The predicted molar refractivity (Wildman–Crippen MR) is 127 cm³/mol. The molecule has 3 unspecified atom stereocenters. The summed E-state index contributed by atoms with van der Waals surface area (Å²) < 4.78 is 6.51. The monoisotopic (exact) mass is 436 g/mol. The van der Waals surface area contributed by atoms with E-state index in [4.69, 9.17) is 21.8 Å². The molecule has 1 saturated carbocycles. The molecule has 1 aromatic rings. The first-order valence-corrected chi connectivity index (χ1v) is 14.7. The van der Waals surface area contributed by atoms with Gasteiger partial charge in [0.25, 0.3) is 0 Å². The summed E-state index contributed by atoms with van der Waals surface area (Å²) in [6, 6.07) is 9.21. The molecule has 1 saturated heterocycles. The van der Waals surface area contributed by atoms with E-state index in [9.17, 15) is 0 Å². The first kappa shape index (κ1) is 23.3. The van der Waals surface area contributed by atoms with Crippen LogP contribution < -0.4 is 5.73 Å². The number of benzene rings is 1. The minimum atomic E-state index is -1.67. The number of hydrogen-bond donors (Lipinski definition) is 1. The van der Waals surface area contributed by atoms with Crippen molar-refractivity contribution < 1.29 is 4.43 Å². The third-order valence-electron chi connectivity index (χ3n) is 7.72. The number of nitrogens with two attached hydrogens (primary N) is 1. The Hall–Kier alpha value is -0.393. The van der Waals surface area contributed by atoms with Crippen molar-refractivity contribution in [2.24, 2.45) is 17.6 Å². The summed E-state index contributed by atoms with van der Waals surface area (Å²) in [5.74, 6) is 1.40.